The van der Waals surface area contributed by atoms with E-state index in [2.05, 4.69) is 4.72 Å². The lowest BCUT2D eigenvalue weighted by Crippen LogP contribution is -2.29. The lowest BCUT2D eigenvalue weighted by atomic mass is 10.1. The molecule has 0 amide bonds. The Bertz CT molecular complexity index is 487. The van der Waals surface area contributed by atoms with Gasteiger partial charge in [0.25, 0.3) is 10.0 Å². The second-order valence-corrected chi connectivity index (χ2v) is 5.55. The van der Waals surface area contributed by atoms with Gasteiger partial charge < -0.3 is 9.15 Å². The molecule has 1 aliphatic rings. The molecule has 7 heteroatoms. The average molecular weight is 259 g/mol. The number of carbonyl (C=O) groups is 1. The standard InChI is InChI=1S/C10H13NO5S/c12-6-9-1-2-10(16-9)17(13,14)11-5-8-3-4-15-7-8/h1-2,6,8,11H,3-5,7H2. The quantitative estimate of drug-likeness (QED) is 0.774. The fourth-order valence-electron chi connectivity index (χ4n) is 1.59. The molecular weight excluding hydrogens is 246 g/mol. The Kier molecular flexibility index (Phi) is 3.60. The molecule has 1 aromatic rings. The van der Waals surface area contributed by atoms with Crippen molar-refractivity contribution in [1.82, 2.24) is 4.72 Å². The van der Waals surface area contributed by atoms with E-state index < -0.39 is 10.0 Å². The largest absolute Gasteiger partial charge is 0.440 e. The molecular formula is C10H13NO5S. The number of carbonyl (C=O) groups excluding carboxylic acids is 1. The highest BCUT2D eigenvalue weighted by Crippen LogP contribution is 2.15. The van der Waals surface area contributed by atoms with Crippen LogP contribution in [0.5, 0.6) is 0 Å². The van der Waals surface area contributed by atoms with E-state index in [0.29, 0.717) is 26.0 Å². The highest BCUT2D eigenvalue weighted by atomic mass is 32.2. The topological polar surface area (TPSA) is 85.6 Å². The maximum atomic E-state index is 11.8. The predicted octanol–water partition coefficient (Wildman–Crippen LogP) is 0.407. The summed E-state index contributed by atoms with van der Waals surface area (Å²) < 4.78 is 36.0. The number of hydrogen-bond donors (Lipinski definition) is 1. The van der Waals surface area contributed by atoms with Gasteiger partial charge in [-0.25, -0.2) is 13.1 Å². The van der Waals surface area contributed by atoms with E-state index in [0.717, 1.165) is 6.42 Å². The molecule has 1 aliphatic heterocycles. The molecule has 2 rings (SSSR count). The Morgan fingerprint density at radius 2 is 2.29 bits per heavy atom. The molecule has 0 aromatic carbocycles. The summed E-state index contributed by atoms with van der Waals surface area (Å²) >= 11 is 0. The minimum atomic E-state index is -3.67. The molecule has 0 saturated carbocycles. The SMILES string of the molecule is O=Cc1ccc(S(=O)(=O)NCC2CCOC2)o1. The van der Waals surface area contributed by atoms with Crippen molar-refractivity contribution in [3.05, 3.63) is 17.9 Å². The van der Waals surface area contributed by atoms with Crippen molar-refractivity contribution in [3.63, 3.8) is 0 Å². The summed E-state index contributed by atoms with van der Waals surface area (Å²) in [7, 11) is -3.67. The Morgan fingerprint density at radius 3 is 2.88 bits per heavy atom. The van der Waals surface area contributed by atoms with Crippen LogP contribution in [0.15, 0.2) is 21.6 Å². The summed E-state index contributed by atoms with van der Waals surface area (Å²) in [5, 5.41) is -0.237. The molecule has 6 nitrogen and oxygen atoms in total. The normalized spacial score (nSPS) is 20.6. The molecule has 1 saturated heterocycles. The van der Waals surface area contributed by atoms with E-state index in [9.17, 15) is 13.2 Å². The van der Waals surface area contributed by atoms with Gasteiger partial charge in [0, 0.05) is 13.2 Å². The molecule has 1 atom stereocenters. The van der Waals surface area contributed by atoms with Crippen molar-refractivity contribution in [3.8, 4) is 0 Å². The number of nitrogens with one attached hydrogen (secondary N) is 1. The molecule has 1 aromatic heterocycles. The van der Waals surface area contributed by atoms with Crippen molar-refractivity contribution >= 4 is 16.3 Å². The van der Waals surface area contributed by atoms with Crippen LogP contribution in [0.2, 0.25) is 0 Å². The molecule has 1 N–H and O–H groups in total. The Hall–Kier alpha value is -1.18. The van der Waals surface area contributed by atoms with Crippen LogP contribution >= 0.6 is 0 Å². The smallest absolute Gasteiger partial charge is 0.273 e. The van der Waals surface area contributed by atoms with Crippen LogP contribution in [-0.2, 0) is 14.8 Å². The highest BCUT2D eigenvalue weighted by molar-refractivity contribution is 7.89. The molecule has 2 heterocycles. The van der Waals surface area contributed by atoms with Crippen LogP contribution in [0.25, 0.3) is 0 Å². The van der Waals surface area contributed by atoms with Crippen LogP contribution in [0.1, 0.15) is 17.0 Å². The predicted molar refractivity (Wildman–Crippen MR) is 58.2 cm³/mol. The van der Waals surface area contributed by atoms with E-state index in [1.165, 1.54) is 12.1 Å². The molecule has 17 heavy (non-hydrogen) atoms. The zero-order valence-electron chi connectivity index (χ0n) is 9.09. The summed E-state index contributed by atoms with van der Waals surface area (Å²) in [4.78, 5) is 10.4. The van der Waals surface area contributed by atoms with Crippen molar-refractivity contribution < 1.29 is 22.4 Å². The van der Waals surface area contributed by atoms with E-state index in [4.69, 9.17) is 9.15 Å². The maximum absolute atomic E-state index is 11.8. The Labute approximate surface area is 99.0 Å². The fraction of sp³-hybridized carbons (Fsp3) is 0.500. The first kappa shape index (κ1) is 12.3. The van der Waals surface area contributed by atoms with Gasteiger partial charge in [0.2, 0.25) is 5.09 Å². The third kappa shape index (κ3) is 2.93. The molecule has 1 unspecified atom stereocenters. The van der Waals surface area contributed by atoms with E-state index in [-0.39, 0.29) is 16.8 Å². The summed E-state index contributed by atoms with van der Waals surface area (Å²) in [5.41, 5.74) is 0. The van der Waals surface area contributed by atoms with Gasteiger partial charge in [-0.15, -0.1) is 0 Å². The number of rotatable bonds is 5. The summed E-state index contributed by atoms with van der Waals surface area (Å²) in [6, 6.07) is 2.58. The van der Waals surface area contributed by atoms with Gasteiger partial charge in [0.15, 0.2) is 12.0 Å². The molecule has 0 radical (unpaired) electrons. The van der Waals surface area contributed by atoms with Crippen LogP contribution in [0.4, 0.5) is 0 Å². The minimum Gasteiger partial charge on any atom is -0.440 e. The van der Waals surface area contributed by atoms with Crippen molar-refractivity contribution in [2.45, 2.75) is 11.5 Å². The van der Waals surface area contributed by atoms with Crippen LogP contribution < -0.4 is 4.72 Å². The highest BCUT2D eigenvalue weighted by Gasteiger charge is 2.22. The second kappa shape index (κ2) is 4.99. The number of hydrogen-bond acceptors (Lipinski definition) is 5. The Morgan fingerprint density at radius 1 is 1.47 bits per heavy atom. The lowest BCUT2D eigenvalue weighted by molar-refractivity contribution is 0.109. The van der Waals surface area contributed by atoms with E-state index in [1.54, 1.807) is 0 Å². The molecule has 0 bridgehead atoms. The van der Waals surface area contributed by atoms with Gasteiger partial charge in [-0.1, -0.05) is 0 Å². The van der Waals surface area contributed by atoms with E-state index in [1.807, 2.05) is 0 Å². The van der Waals surface area contributed by atoms with Gasteiger partial charge in [-0.2, -0.15) is 0 Å². The third-order valence-corrected chi connectivity index (χ3v) is 3.86. The number of aldehydes is 1. The zero-order valence-corrected chi connectivity index (χ0v) is 9.90. The van der Waals surface area contributed by atoms with Crippen molar-refractivity contribution in [2.75, 3.05) is 19.8 Å². The van der Waals surface area contributed by atoms with Crippen LogP contribution in [-0.4, -0.2) is 34.5 Å². The van der Waals surface area contributed by atoms with Crippen molar-refractivity contribution in [1.29, 1.82) is 0 Å². The Balaban J connectivity index is 2.00. The lowest BCUT2D eigenvalue weighted by Gasteiger charge is -2.08. The van der Waals surface area contributed by atoms with Gasteiger partial charge in [-0.05, 0) is 24.5 Å². The van der Waals surface area contributed by atoms with Crippen LogP contribution in [0.3, 0.4) is 0 Å². The zero-order chi connectivity index (χ0) is 12.3. The molecule has 0 aliphatic carbocycles. The number of sulfonamides is 1. The first-order valence-electron chi connectivity index (χ1n) is 5.24. The average Bonchev–Trinajstić information content (AvgIpc) is 2.98. The second-order valence-electron chi connectivity index (χ2n) is 3.86. The maximum Gasteiger partial charge on any atom is 0.273 e. The fourth-order valence-corrected chi connectivity index (χ4v) is 2.64. The monoisotopic (exact) mass is 259 g/mol. The minimum absolute atomic E-state index is 0.00502. The third-order valence-electron chi connectivity index (χ3n) is 2.57. The van der Waals surface area contributed by atoms with E-state index >= 15 is 0 Å². The van der Waals surface area contributed by atoms with Crippen molar-refractivity contribution in [2.24, 2.45) is 5.92 Å². The molecule has 1 fully saturated rings. The number of furan rings is 1. The van der Waals surface area contributed by atoms with Gasteiger partial charge >= 0.3 is 0 Å². The van der Waals surface area contributed by atoms with Crippen LogP contribution in [0, 0.1) is 5.92 Å². The summed E-state index contributed by atoms with van der Waals surface area (Å²) in [5.74, 6) is 0.194. The van der Waals surface area contributed by atoms with Gasteiger partial charge in [0.05, 0.1) is 6.61 Å². The first-order chi connectivity index (χ1) is 8.12. The summed E-state index contributed by atoms with van der Waals surface area (Å²) in [6.07, 6.45) is 1.31. The molecule has 94 valence electrons. The number of ether oxygens (including phenoxy) is 1. The first-order valence-corrected chi connectivity index (χ1v) is 6.72. The van der Waals surface area contributed by atoms with Gasteiger partial charge in [-0.3, -0.25) is 4.79 Å². The van der Waals surface area contributed by atoms with Gasteiger partial charge in [0.1, 0.15) is 0 Å². The molecule has 0 spiro atoms. The summed E-state index contributed by atoms with van der Waals surface area (Å²) in [6.45, 7) is 1.56.